The number of allylic oxidation sites excluding steroid dienone is 8. The largest absolute Gasteiger partial charge is 0.481 e. The Morgan fingerprint density at radius 3 is 2.07 bits per heavy atom. The van der Waals surface area contributed by atoms with Crippen LogP contribution in [0.25, 0.3) is 0 Å². The van der Waals surface area contributed by atoms with E-state index in [0.717, 1.165) is 49.8 Å². The number of rotatable bonds is 17. The smallest absolute Gasteiger partial charge is 0.305 e. The van der Waals surface area contributed by atoms with Gasteiger partial charge in [0.1, 0.15) is 0 Å². The van der Waals surface area contributed by atoms with Gasteiger partial charge in [0, 0.05) is 22.8 Å². The van der Waals surface area contributed by atoms with E-state index < -0.39 is 5.97 Å². The Kier molecular flexibility index (Phi) is 33.9. The lowest BCUT2D eigenvalue weighted by atomic mass is 9.93. The predicted molar refractivity (Wildman–Crippen MR) is 181 cm³/mol. The molecule has 0 rings (SSSR count). The second-order valence-electron chi connectivity index (χ2n) is 9.33. The van der Waals surface area contributed by atoms with Gasteiger partial charge in [0.05, 0.1) is 6.42 Å². The minimum absolute atomic E-state index is 0.0965. The molecule has 7 heteroatoms. The lowest BCUT2D eigenvalue weighted by molar-refractivity contribution is -0.136. The molecular formula is C34H56ClN3O3. The van der Waals surface area contributed by atoms with Gasteiger partial charge in [0.25, 0.3) is 5.91 Å². The van der Waals surface area contributed by atoms with Crippen molar-refractivity contribution in [3.05, 3.63) is 96.8 Å². The van der Waals surface area contributed by atoms with Gasteiger partial charge in [0.2, 0.25) is 0 Å². The highest BCUT2D eigenvalue weighted by Crippen LogP contribution is 2.22. The van der Waals surface area contributed by atoms with Crippen LogP contribution in [0.3, 0.4) is 0 Å². The zero-order chi connectivity index (χ0) is 32.8. The first-order chi connectivity index (χ1) is 19.4. The molecular weight excluding hydrogens is 534 g/mol. The van der Waals surface area contributed by atoms with Crippen LogP contribution >= 0.6 is 11.6 Å². The van der Waals surface area contributed by atoms with Crippen molar-refractivity contribution in [2.24, 2.45) is 17.6 Å². The molecule has 0 aliphatic heterocycles. The summed E-state index contributed by atoms with van der Waals surface area (Å²) in [4.78, 5) is 22.6. The summed E-state index contributed by atoms with van der Waals surface area (Å²) in [7, 11) is 0. The van der Waals surface area contributed by atoms with Crippen molar-refractivity contribution in [2.75, 3.05) is 6.54 Å². The van der Waals surface area contributed by atoms with E-state index in [9.17, 15) is 9.59 Å². The average Bonchev–Trinajstić information content (AvgIpc) is 2.94. The maximum Gasteiger partial charge on any atom is 0.305 e. The highest BCUT2D eigenvalue weighted by molar-refractivity contribution is 6.29. The zero-order valence-corrected chi connectivity index (χ0v) is 27.0. The Morgan fingerprint density at radius 2 is 1.66 bits per heavy atom. The lowest BCUT2D eigenvalue weighted by Gasteiger charge is -2.14. The standard InChI is InChI=1S/C25H40N2O3.C6H9Cl.C2H4.CH3N/c1-7-10-21(14-13-19(5)24(26)20(6)17-18(3)4)11-9-12-22(8-2)25(30)27-16-15-23(28)29;1-3-4-5-6(2)7;2*1-2/h8-9,11-12,17-18,21H,2,7,10,13-16,26H2,1,3-6H3,(H,27,30)(H,28,29);3H,1-2,4-5H2;1-2H2;2H,1H2/b11-9+,20-17-,22-12+,24-19-;;;. The zero-order valence-electron chi connectivity index (χ0n) is 26.2. The summed E-state index contributed by atoms with van der Waals surface area (Å²) in [5.74, 6) is -0.396. The van der Waals surface area contributed by atoms with Crippen molar-refractivity contribution in [3.8, 4) is 0 Å². The molecule has 0 radical (unpaired) electrons. The van der Waals surface area contributed by atoms with Crippen molar-refractivity contribution < 1.29 is 14.7 Å². The molecule has 5 N–H and O–H groups in total. The number of carbonyl (C=O) groups excluding carboxylic acids is 1. The Labute approximate surface area is 255 Å². The van der Waals surface area contributed by atoms with Crippen LogP contribution in [0, 0.1) is 17.2 Å². The Bertz CT molecular complexity index is 897. The number of hydrogen-bond acceptors (Lipinski definition) is 4. The molecule has 1 unspecified atom stereocenters. The first-order valence-electron chi connectivity index (χ1n) is 13.8. The fourth-order valence-corrected chi connectivity index (χ4v) is 3.48. The van der Waals surface area contributed by atoms with Crippen LogP contribution in [0.1, 0.15) is 79.6 Å². The number of nitrogens with two attached hydrogens (primary N) is 1. The summed E-state index contributed by atoms with van der Waals surface area (Å²) >= 11 is 5.41. The first kappa shape index (κ1) is 44.6. The molecule has 0 fully saturated rings. The number of carboxylic acids is 1. The number of aliphatic carboxylic acids is 1. The van der Waals surface area contributed by atoms with Crippen molar-refractivity contribution in [1.29, 1.82) is 5.41 Å². The molecule has 41 heavy (non-hydrogen) atoms. The normalized spacial score (nSPS) is 12.3. The van der Waals surface area contributed by atoms with Crippen LogP contribution in [0.5, 0.6) is 0 Å². The van der Waals surface area contributed by atoms with Gasteiger partial charge in [-0.25, -0.2) is 0 Å². The molecule has 0 saturated heterocycles. The number of amides is 1. The Morgan fingerprint density at radius 1 is 1.07 bits per heavy atom. The molecule has 0 heterocycles. The number of nitrogens with one attached hydrogen (secondary N) is 2. The van der Waals surface area contributed by atoms with Gasteiger partial charge < -0.3 is 21.6 Å². The van der Waals surface area contributed by atoms with E-state index in [4.69, 9.17) is 27.9 Å². The van der Waals surface area contributed by atoms with E-state index in [1.54, 1.807) is 6.08 Å². The monoisotopic (exact) mass is 589 g/mol. The molecule has 0 bridgehead atoms. The van der Waals surface area contributed by atoms with Gasteiger partial charge in [-0.05, 0) is 76.2 Å². The first-order valence-corrected chi connectivity index (χ1v) is 14.2. The number of carboxylic acid groups (broad SMARTS) is 1. The van der Waals surface area contributed by atoms with Crippen LogP contribution in [0.2, 0.25) is 0 Å². The van der Waals surface area contributed by atoms with Gasteiger partial charge >= 0.3 is 5.97 Å². The van der Waals surface area contributed by atoms with Crippen LogP contribution in [-0.4, -0.2) is 30.2 Å². The van der Waals surface area contributed by atoms with Gasteiger partial charge in [-0.15, -0.1) is 19.7 Å². The molecule has 0 saturated carbocycles. The summed E-state index contributed by atoms with van der Waals surface area (Å²) in [6.07, 6.45) is 17.0. The van der Waals surface area contributed by atoms with Crippen molar-refractivity contribution in [1.82, 2.24) is 5.32 Å². The lowest BCUT2D eigenvalue weighted by Crippen LogP contribution is -2.26. The molecule has 6 nitrogen and oxygen atoms in total. The Balaban J connectivity index is -0.000000530. The van der Waals surface area contributed by atoms with Gasteiger partial charge in [0.15, 0.2) is 0 Å². The maximum absolute atomic E-state index is 12.1. The van der Waals surface area contributed by atoms with Gasteiger partial charge in [-0.1, -0.05) is 87.9 Å². The topological polar surface area (TPSA) is 116 Å². The summed E-state index contributed by atoms with van der Waals surface area (Å²) in [6.45, 7) is 29.9. The quantitative estimate of drug-likeness (QED) is 0.0585. The van der Waals surface area contributed by atoms with Gasteiger partial charge in [-0.2, -0.15) is 0 Å². The molecule has 0 aromatic rings. The van der Waals surface area contributed by atoms with E-state index in [1.165, 1.54) is 11.6 Å². The molecule has 1 amide bonds. The third-order valence-electron chi connectivity index (χ3n) is 5.40. The van der Waals surface area contributed by atoms with E-state index in [1.807, 2.05) is 12.2 Å². The van der Waals surface area contributed by atoms with Gasteiger partial charge in [-0.3, -0.25) is 9.59 Å². The number of halogens is 1. The minimum atomic E-state index is -0.943. The average molecular weight is 590 g/mol. The summed E-state index contributed by atoms with van der Waals surface area (Å²) in [6, 6.07) is 0. The highest BCUT2D eigenvalue weighted by Gasteiger charge is 2.08. The van der Waals surface area contributed by atoms with Crippen LogP contribution < -0.4 is 11.1 Å². The van der Waals surface area contributed by atoms with E-state index in [0.29, 0.717) is 22.4 Å². The van der Waals surface area contributed by atoms with Crippen LogP contribution in [0.4, 0.5) is 0 Å². The second kappa shape index (κ2) is 31.2. The van der Waals surface area contributed by atoms with E-state index in [-0.39, 0.29) is 18.9 Å². The van der Waals surface area contributed by atoms with E-state index in [2.05, 4.69) is 91.7 Å². The van der Waals surface area contributed by atoms with E-state index >= 15 is 0 Å². The third-order valence-corrected chi connectivity index (χ3v) is 5.59. The number of carbonyl (C=O) groups is 2. The van der Waals surface area contributed by atoms with Crippen molar-refractivity contribution in [2.45, 2.75) is 79.6 Å². The molecule has 1 atom stereocenters. The number of hydrogen-bond donors (Lipinski definition) is 4. The Hall–Kier alpha value is -3.38. The SMILES string of the molecule is C=C.C=C/C(=C\C=C\C(CCC)CC/C(C)=C(N)/C(C)=C\C(C)C)C(=O)NCCC(=O)O.C=CCCC(=C)Cl.C=N. The predicted octanol–water partition coefficient (Wildman–Crippen LogP) is 9.05. The molecule has 232 valence electrons. The molecule has 0 aromatic heterocycles. The second-order valence-corrected chi connectivity index (χ2v) is 9.86. The fraction of sp³-hybridized carbons (Fsp3) is 0.441. The molecule has 0 aliphatic carbocycles. The fourth-order valence-electron chi connectivity index (χ4n) is 3.37. The molecule has 0 spiro atoms. The summed E-state index contributed by atoms with van der Waals surface area (Å²) in [5, 5.41) is 17.5. The van der Waals surface area contributed by atoms with Crippen molar-refractivity contribution >= 4 is 30.2 Å². The van der Waals surface area contributed by atoms with Crippen LogP contribution in [0.15, 0.2) is 96.8 Å². The highest BCUT2D eigenvalue weighted by atomic mass is 35.5. The maximum atomic E-state index is 12.1. The third kappa shape index (κ3) is 29.4. The van der Waals surface area contributed by atoms with Crippen molar-refractivity contribution in [3.63, 3.8) is 0 Å². The summed E-state index contributed by atoms with van der Waals surface area (Å²) in [5.41, 5.74) is 9.96. The minimum Gasteiger partial charge on any atom is -0.481 e. The molecule has 0 aliphatic rings. The molecule has 0 aromatic carbocycles. The summed E-state index contributed by atoms with van der Waals surface area (Å²) < 4.78 is 0. The van der Waals surface area contributed by atoms with Crippen LogP contribution in [-0.2, 0) is 9.59 Å².